The number of nitriles is 1. The normalized spacial score (nSPS) is 10.1. The van der Waals surface area contributed by atoms with E-state index in [9.17, 15) is 5.26 Å². The van der Waals surface area contributed by atoms with E-state index in [2.05, 4.69) is 11.1 Å². The van der Waals surface area contributed by atoms with Crippen LogP contribution in [0, 0.1) is 11.3 Å². The van der Waals surface area contributed by atoms with Crippen molar-refractivity contribution < 1.29 is 9.15 Å². The topological polar surface area (TPSA) is 59.1 Å². The lowest BCUT2D eigenvalue weighted by Crippen LogP contribution is -1.97. The molecule has 21 heavy (non-hydrogen) atoms. The summed E-state index contributed by atoms with van der Waals surface area (Å²) in [6, 6.07) is 17.3. The molecule has 4 heteroatoms. The van der Waals surface area contributed by atoms with Gasteiger partial charge in [-0.05, 0) is 23.8 Å². The molecule has 1 aromatic carbocycles. The smallest absolute Gasteiger partial charge is 0.232 e. The summed E-state index contributed by atoms with van der Waals surface area (Å²) in [6.07, 6.45) is 1.59. The van der Waals surface area contributed by atoms with Crippen LogP contribution >= 0.6 is 0 Å². The Labute approximate surface area is 122 Å². The maximum absolute atomic E-state index is 9.42. The third-order valence-corrected chi connectivity index (χ3v) is 3.15. The van der Waals surface area contributed by atoms with E-state index in [1.807, 2.05) is 42.5 Å². The number of hydrogen-bond donors (Lipinski definition) is 0. The molecule has 0 atom stereocenters. The largest absolute Gasteiger partial charge is 0.480 e. The molecule has 3 aromatic rings. The number of pyridine rings is 1. The van der Waals surface area contributed by atoms with Gasteiger partial charge in [0.05, 0.1) is 13.4 Å². The van der Waals surface area contributed by atoms with Gasteiger partial charge in [0.25, 0.3) is 0 Å². The number of nitrogens with zero attached hydrogens (tertiary/aromatic N) is 2. The van der Waals surface area contributed by atoms with Crippen molar-refractivity contribution in [2.45, 2.75) is 0 Å². The average Bonchev–Trinajstić information content (AvgIpc) is 3.08. The van der Waals surface area contributed by atoms with Gasteiger partial charge in [-0.3, -0.25) is 0 Å². The molecule has 0 bridgehead atoms. The monoisotopic (exact) mass is 276 g/mol. The molecule has 0 saturated carbocycles. The van der Waals surface area contributed by atoms with E-state index < -0.39 is 0 Å². The van der Waals surface area contributed by atoms with Crippen LogP contribution in [0.4, 0.5) is 0 Å². The first kappa shape index (κ1) is 12.9. The second-order valence-corrected chi connectivity index (χ2v) is 4.39. The number of rotatable bonds is 3. The summed E-state index contributed by atoms with van der Waals surface area (Å²) < 4.78 is 10.6. The number of aromatic nitrogens is 1. The number of ether oxygens (including phenoxy) is 1. The second kappa shape index (κ2) is 5.51. The van der Waals surface area contributed by atoms with E-state index in [0.717, 1.165) is 11.1 Å². The lowest BCUT2D eigenvalue weighted by Gasteiger charge is -2.10. The highest BCUT2D eigenvalue weighted by molar-refractivity contribution is 5.76. The molecule has 0 fully saturated rings. The van der Waals surface area contributed by atoms with E-state index in [0.29, 0.717) is 22.9 Å². The maximum Gasteiger partial charge on any atom is 0.232 e. The van der Waals surface area contributed by atoms with Crippen LogP contribution in [0.2, 0.25) is 0 Å². The Balaban J connectivity index is 2.27. The Morgan fingerprint density at radius 2 is 1.95 bits per heavy atom. The van der Waals surface area contributed by atoms with Crippen molar-refractivity contribution in [1.29, 1.82) is 5.26 Å². The van der Waals surface area contributed by atoms with Crippen molar-refractivity contribution >= 4 is 0 Å². The van der Waals surface area contributed by atoms with Crippen LogP contribution in [0.1, 0.15) is 5.56 Å². The van der Waals surface area contributed by atoms with Gasteiger partial charge in [0.1, 0.15) is 17.3 Å². The predicted octanol–water partition coefficient (Wildman–Crippen LogP) is 3.89. The first-order chi connectivity index (χ1) is 10.3. The highest BCUT2D eigenvalue weighted by Gasteiger charge is 2.16. The molecule has 0 N–H and O–H groups in total. The fourth-order valence-electron chi connectivity index (χ4n) is 2.17. The molecule has 3 rings (SSSR count). The van der Waals surface area contributed by atoms with Gasteiger partial charge in [-0.1, -0.05) is 30.3 Å². The molecule has 2 heterocycles. The van der Waals surface area contributed by atoms with Crippen molar-refractivity contribution in [2.24, 2.45) is 0 Å². The van der Waals surface area contributed by atoms with E-state index in [4.69, 9.17) is 9.15 Å². The summed E-state index contributed by atoms with van der Waals surface area (Å²) >= 11 is 0. The standard InChI is InChI=1S/C17H12N2O2/c1-20-17-14(11-18)13(12-6-3-2-4-7-12)10-15(19-17)16-8-5-9-21-16/h2-10H,1H3. The van der Waals surface area contributed by atoms with Gasteiger partial charge in [0, 0.05) is 5.56 Å². The van der Waals surface area contributed by atoms with Gasteiger partial charge < -0.3 is 9.15 Å². The molecule has 102 valence electrons. The lowest BCUT2D eigenvalue weighted by atomic mass is 10.0. The quantitative estimate of drug-likeness (QED) is 0.728. The molecule has 0 aliphatic heterocycles. The maximum atomic E-state index is 9.42. The summed E-state index contributed by atoms with van der Waals surface area (Å²) in [5, 5.41) is 9.42. The third-order valence-electron chi connectivity index (χ3n) is 3.15. The van der Waals surface area contributed by atoms with E-state index >= 15 is 0 Å². The van der Waals surface area contributed by atoms with Crippen molar-refractivity contribution in [3.8, 4) is 34.5 Å². The summed E-state index contributed by atoms with van der Waals surface area (Å²) in [5.41, 5.74) is 2.76. The van der Waals surface area contributed by atoms with Gasteiger partial charge >= 0.3 is 0 Å². The van der Waals surface area contributed by atoms with Crippen LogP contribution in [0.5, 0.6) is 5.88 Å². The van der Waals surface area contributed by atoms with Crippen LogP contribution < -0.4 is 4.74 Å². The summed E-state index contributed by atoms with van der Waals surface area (Å²) in [4.78, 5) is 4.35. The Morgan fingerprint density at radius 3 is 2.57 bits per heavy atom. The number of benzene rings is 1. The minimum Gasteiger partial charge on any atom is -0.480 e. The Hall–Kier alpha value is -3.06. The molecule has 2 aromatic heterocycles. The average molecular weight is 276 g/mol. The first-order valence-electron chi connectivity index (χ1n) is 6.42. The minimum atomic E-state index is 0.297. The van der Waals surface area contributed by atoms with Gasteiger partial charge in [-0.25, -0.2) is 4.98 Å². The number of furan rings is 1. The lowest BCUT2D eigenvalue weighted by molar-refractivity contribution is 0.397. The number of hydrogen-bond acceptors (Lipinski definition) is 4. The molecule has 4 nitrogen and oxygen atoms in total. The molecule has 0 aliphatic rings. The summed E-state index contributed by atoms with van der Waals surface area (Å²) in [6.45, 7) is 0. The molecule has 0 saturated heterocycles. The zero-order chi connectivity index (χ0) is 14.7. The van der Waals surface area contributed by atoms with Crippen LogP contribution in [-0.2, 0) is 0 Å². The van der Waals surface area contributed by atoms with E-state index in [-0.39, 0.29) is 0 Å². The van der Waals surface area contributed by atoms with Crippen LogP contribution in [0.25, 0.3) is 22.6 Å². The predicted molar refractivity (Wildman–Crippen MR) is 78.6 cm³/mol. The fraction of sp³-hybridized carbons (Fsp3) is 0.0588. The second-order valence-electron chi connectivity index (χ2n) is 4.39. The highest BCUT2D eigenvalue weighted by Crippen LogP contribution is 2.33. The SMILES string of the molecule is COc1nc(-c2ccco2)cc(-c2ccccc2)c1C#N. The summed E-state index contributed by atoms with van der Waals surface area (Å²) in [7, 11) is 1.50. The third kappa shape index (κ3) is 2.37. The Kier molecular flexibility index (Phi) is 3.40. The number of methoxy groups -OCH3 is 1. The molecule has 0 spiro atoms. The molecule has 0 aliphatic carbocycles. The first-order valence-corrected chi connectivity index (χ1v) is 6.42. The van der Waals surface area contributed by atoms with Gasteiger partial charge in [0.2, 0.25) is 5.88 Å². The van der Waals surface area contributed by atoms with Crippen molar-refractivity contribution in [1.82, 2.24) is 4.98 Å². The van der Waals surface area contributed by atoms with Crippen molar-refractivity contribution in [3.63, 3.8) is 0 Å². The van der Waals surface area contributed by atoms with E-state index in [1.54, 1.807) is 12.3 Å². The zero-order valence-corrected chi connectivity index (χ0v) is 11.4. The van der Waals surface area contributed by atoms with Crippen LogP contribution in [0.3, 0.4) is 0 Å². The molecule has 0 unspecified atom stereocenters. The molecular weight excluding hydrogens is 264 g/mol. The zero-order valence-electron chi connectivity index (χ0n) is 11.4. The molecule has 0 radical (unpaired) electrons. The van der Waals surface area contributed by atoms with Crippen LogP contribution in [0.15, 0.2) is 59.2 Å². The van der Waals surface area contributed by atoms with Gasteiger partial charge in [-0.15, -0.1) is 0 Å². The Bertz CT molecular complexity index is 788. The van der Waals surface area contributed by atoms with Crippen molar-refractivity contribution in [3.05, 3.63) is 60.4 Å². The Morgan fingerprint density at radius 1 is 1.14 bits per heavy atom. The molecular formula is C17H12N2O2. The minimum absolute atomic E-state index is 0.297. The fourth-order valence-corrected chi connectivity index (χ4v) is 2.17. The van der Waals surface area contributed by atoms with E-state index in [1.165, 1.54) is 7.11 Å². The van der Waals surface area contributed by atoms with Gasteiger partial charge in [0.15, 0.2) is 5.76 Å². The summed E-state index contributed by atoms with van der Waals surface area (Å²) in [5.74, 6) is 0.931. The van der Waals surface area contributed by atoms with Crippen molar-refractivity contribution in [2.75, 3.05) is 7.11 Å². The van der Waals surface area contributed by atoms with Crippen LogP contribution in [-0.4, -0.2) is 12.1 Å². The highest BCUT2D eigenvalue weighted by atomic mass is 16.5. The molecule has 0 amide bonds. The van der Waals surface area contributed by atoms with Gasteiger partial charge in [-0.2, -0.15) is 5.26 Å².